The van der Waals surface area contributed by atoms with Gasteiger partial charge in [0, 0.05) is 39.4 Å². The average molecular weight is 335 g/mol. The molecular formula is C19H34N4O. The van der Waals surface area contributed by atoms with Crippen molar-refractivity contribution in [2.45, 2.75) is 33.2 Å². The number of nitrogens with one attached hydrogen (secondary N) is 2. The van der Waals surface area contributed by atoms with Gasteiger partial charge < -0.3 is 20.3 Å². The Balaban J connectivity index is 2.18. The summed E-state index contributed by atoms with van der Waals surface area (Å²) in [5.41, 5.74) is 1.36. The monoisotopic (exact) mass is 334 g/mol. The summed E-state index contributed by atoms with van der Waals surface area (Å²) in [6.07, 6.45) is 2.05. The van der Waals surface area contributed by atoms with Crippen LogP contribution >= 0.6 is 0 Å². The van der Waals surface area contributed by atoms with E-state index in [1.807, 2.05) is 6.92 Å². The molecule has 0 fully saturated rings. The highest BCUT2D eigenvalue weighted by Crippen LogP contribution is 2.02. The van der Waals surface area contributed by atoms with Crippen LogP contribution in [0.1, 0.15) is 32.3 Å². The van der Waals surface area contributed by atoms with Crippen LogP contribution in [-0.4, -0.2) is 57.3 Å². The van der Waals surface area contributed by atoms with Gasteiger partial charge in [-0.05, 0) is 45.8 Å². The third kappa shape index (κ3) is 10.2. The molecule has 0 bridgehead atoms. The maximum absolute atomic E-state index is 5.33. The Kier molecular flexibility index (Phi) is 11.8. The van der Waals surface area contributed by atoms with Gasteiger partial charge in [0.1, 0.15) is 0 Å². The maximum atomic E-state index is 5.33. The SMILES string of the molecule is CCNC(=NCCCOCC)NCCCN(C)Cc1ccccc1. The van der Waals surface area contributed by atoms with Crippen LogP contribution in [-0.2, 0) is 11.3 Å². The zero-order valence-electron chi connectivity index (χ0n) is 15.6. The predicted octanol–water partition coefficient (Wildman–Crippen LogP) is 2.49. The lowest BCUT2D eigenvalue weighted by Crippen LogP contribution is -2.38. The highest BCUT2D eigenvalue weighted by molar-refractivity contribution is 5.79. The Bertz CT molecular complexity index is 436. The largest absolute Gasteiger partial charge is 0.382 e. The molecule has 0 aliphatic carbocycles. The zero-order valence-corrected chi connectivity index (χ0v) is 15.6. The molecule has 136 valence electrons. The molecule has 0 heterocycles. The zero-order chi connectivity index (χ0) is 17.5. The van der Waals surface area contributed by atoms with E-state index in [1.165, 1.54) is 5.56 Å². The number of benzene rings is 1. The minimum absolute atomic E-state index is 0.776. The van der Waals surface area contributed by atoms with Crippen molar-refractivity contribution in [1.29, 1.82) is 0 Å². The summed E-state index contributed by atoms with van der Waals surface area (Å²) in [5, 5.41) is 6.69. The second kappa shape index (κ2) is 13.8. The van der Waals surface area contributed by atoms with Crippen molar-refractivity contribution in [3.8, 4) is 0 Å². The lowest BCUT2D eigenvalue weighted by atomic mass is 10.2. The Morgan fingerprint density at radius 3 is 2.62 bits per heavy atom. The molecule has 0 amide bonds. The molecule has 0 aliphatic rings. The van der Waals surface area contributed by atoms with Crippen molar-refractivity contribution >= 4 is 5.96 Å². The molecule has 5 nitrogen and oxygen atoms in total. The molecule has 0 aromatic heterocycles. The topological polar surface area (TPSA) is 48.9 Å². The van der Waals surface area contributed by atoms with Gasteiger partial charge in [0.25, 0.3) is 0 Å². The smallest absolute Gasteiger partial charge is 0.191 e. The normalized spacial score (nSPS) is 11.8. The Morgan fingerprint density at radius 2 is 1.92 bits per heavy atom. The molecule has 2 N–H and O–H groups in total. The first-order valence-electron chi connectivity index (χ1n) is 9.08. The van der Waals surface area contributed by atoms with Crippen molar-refractivity contribution < 1.29 is 4.74 Å². The lowest BCUT2D eigenvalue weighted by molar-refractivity contribution is 0.146. The van der Waals surface area contributed by atoms with E-state index in [0.29, 0.717) is 0 Å². The van der Waals surface area contributed by atoms with Crippen LogP contribution in [0, 0.1) is 0 Å². The molecular weight excluding hydrogens is 300 g/mol. The number of hydrogen-bond donors (Lipinski definition) is 2. The summed E-state index contributed by atoms with van der Waals surface area (Å²) in [6.45, 7) is 10.3. The number of nitrogens with zero attached hydrogens (tertiary/aromatic N) is 2. The van der Waals surface area contributed by atoms with Crippen LogP contribution in [0.2, 0.25) is 0 Å². The Labute approximate surface area is 147 Å². The first-order valence-corrected chi connectivity index (χ1v) is 9.08. The second-order valence-corrected chi connectivity index (χ2v) is 5.81. The fourth-order valence-corrected chi connectivity index (χ4v) is 2.37. The number of aliphatic imine (C=N–C) groups is 1. The van der Waals surface area contributed by atoms with E-state index < -0.39 is 0 Å². The molecule has 0 radical (unpaired) electrons. The lowest BCUT2D eigenvalue weighted by Gasteiger charge is -2.17. The van der Waals surface area contributed by atoms with Gasteiger partial charge in [0.2, 0.25) is 0 Å². The minimum Gasteiger partial charge on any atom is -0.382 e. The van der Waals surface area contributed by atoms with Crippen LogP contribution in [0.25, 0.3) is 0 Å². The summed E-state index contributed by atoms with van der Waals surface area (Å²) < 4.78 is 5.33. The van der Waals surface area contributed by atoms with Crippen LogP contribution < -0.4 is 10.6 Å². The van der Waals surface area contributed by atoms with E-state index >= 15 is 0 Å². The van der Waals surface area contributed by atoms with Gasteiger partial charge in [-0.2, -0.15) is 0 Å². The Hall–Kier alpha value is -1.59. The van der Waals surface area contributed by atoms with Gasteiger partial charge in [-0.15, -0.1) is 0 Å². The molecule has 1 aromatic carbocycles. The van der Waals surface area contributed by atoms with Crippen molar-refractivity contribution in [1.82, 2.24) is 15.5 Å². The van der Waals surface area contributed by atoms with E-state index in [9.17, 15) is 0 Å². The maximum Gasteiger partial charge on any atom is 0.191 e. The molecule has 0 unspecified atom stereocenters. The predicted molar refractivity (Wildman–Crippen MR) is 102 cm³/mol. The molecule has 24 heavy (non-hydrogen) atoms. The third-order valence-corrected chi connectivity index (χ3v) is 3.57. The van der Waals surface area contributed by atoms with Crippen molar-refractivity contribution in [3.63, 3.8) is 0 Å². The van der Waals surface area contributed by atoms with Gasteiger partial charge in [-0.1, -0.05) is 30.3 Å². The molecule has 0 spiro atoms. The van der Waals surface area contributed by atoms with Crippen molar-refractivity contribution in [2.75, 3.05) is 46.4 Å². The van der Waals surface area contributed by atoms with Gasteiger partial charge >= 0.3 is 0 Å². The van der Waals surface area contributed by atoms with Crippen LogP contribution in [0.15, 0.2) is 35.3 Å². The van der Waals surface area contributed by atoms with E-state index in [4.69, 9.17) is 4.74 Å². The third-order valence-electron chi connectivity index (χ3n) is 3.57. The van der Waals surface area contributed by atoms with Crippen molar-refractivity contribution in [3.05, 3.63) is 35.9 Å². The molecule has 1 aromatic rings. The van der Waals surface area contributed by atoms with Gasteiger partial charge in [-0.3, -0.25) is 4.99 Å². The van der Waals surface area contributed by atoms with Crippen LogP contribution in [0.5, 0.6) is 0 Å². The number of rotatable bonds is 12. The summed E-state index contributed by atoms with van der Waals surface area (Å²) in [7, 11) is 2.17. The number of hydrogen-bond acceptors (Lipinski definition) is 3. The van der Waals surface area contributed by atoms with Gasteiger partial charge in [0.05, 0.1) is 0 Å². The Morgan fingerprint density at radius 1 is 1.12 bits per heavy atom. The molecule has 5 heteroatoms. The quantitative estimate of drug-likeness (QED) is 0.350. The van der Waals surface area contributed by atoms with Crippen molar-refractivity contribution in [2.24, 2.45) is 4.99 Å². The molecule has 1 rings (SSSR count). The van der Waals surface area contributed by atoms with E-state index in [0.717, 1.165) is 64.7 Å². The van der Waals surface area contributed by atoms with E-state index in [-0.39, 0.29) is 0 Å². The fraction of sp³-hybridized carbons (Fsp3) is 0.632. The standard InChI is InChI=1S/C19H34N4O/c1-4-20-19(22-14-10-16-24-5-2)21-13-9-15-23(3)17-18-11-7-6-8-12-18/h6-8,11-12H,4-5,9-10,13-17H2,1-3H3,(H2,20,21,22). The molecule has 0 aliphatic heterocycles. The molecule has 0 atom stereocenters. The van der Waals surface area contributed by atoms with Gasteiger partial charge in [0.15, 0.2) is 5.96 Å². The first kappa shape index (κ1) is 20.5. The highest BCUT2D eigenvalue weighted by atomic mass is 16.5. The number of guanidine groups is 1. The van der Waals surface area contributed by atoms with Crippen LogP contribution in [0.4, 0.5) is 0 Å². The summed E-state index contributed by atoms with van der Waals surface area (Å²) in [4.78, 5) is 6.92. The number of ether oxygens (including phenoxy) is 1. The summed E-state index contributed by atoms with van der Waals surface area (Å²) in [5.74, 6) is 0.903. The average Bonchev–Trinajstić information content (AvgIpc) is 2.59. The summed E-state index contributed by atoms with van der Waals surface area (Å²) in [6, 6.07) is 10.6. The minimum atomic E-state index is 0.776. The molecule has 0 saturated carbocycles. The van der Waals surface area contributed by atoms with Crippen LogP contribution in [0.3, 0.4) is 0 Å². The second-order valence-electron chi connectivity index (χ2n) is 5.81. The first-order chi connectivity index (χ1) is 11.8. The van der Waals surface area contributed by atoms with Gasteiger partial charge in [-0.25, -0.2) is 0 Å². The van der Waals surface area contributed by atoms with E-state index in [2.05, 4.69) is 64.8 Å². The highest BCUT2D eigenvalue weighted by Gasteiger charge is 2.01. The van der Waals surface area contributed by atoms with E-state index in [1.54, 1.807) is 0 Å². The molecule has 0 saturated heterocycles. The fourth-order valence-electron chi connectivity index (χ4n) is 2.37. The summed E-state index contributed by atoms with van der Waals surface area (Å²) >= 11 is 0.